The van der Waals surface area contributed by atoms with Crippen LogP contribution in [0.25, 0.3) is 6.08 Å². The minimum absolute atomic E-state index is 0.0160. The number of aliphatic carboxylic acids is 1. The first-order chi connectivity index (χ1) is 17.3. The summed E-state index contributed by atoms with van der Waals surface area (Å²) in [7, 11) is 0. The lowest BCUT2D eigenvalue weighted by Crippen LogP contribution is -2.33. The highest BCUT2D eigenvalue weighted by atomic mass is 19.4. The van der Waals surface area contributed by atoms with Gasteiger partial charge in [-0.05, 0) is 30.2 Å². The molecule has 37 heavy (non-hydrogen) atoms. The molecule has 0 atom stereocenters. The topological polar surface area (TPSA) is 59.0 Å². The van der Waals surface area contributed by atoms with Gasteiger partial charge in [0.05, 0.1) is 16.7 Å². The largest absolute Gasteiger partial charge is 0.489 e. The maximum absolute atomic E-state index is 14.8. The molecule has 5 nitrogen and oxygen atoms in total. The Morgan fingerprint density at radius 1 is 1.08 bits per heavy atom. The molecule has 198 valence electrons. The van der Waals surface area contributed by atoms with Crippen LogP contribution >= 0.6 is 0 Å². The van der Waals surface area contributed by atoms with Crippen LogP contribution in [0, 0.1) is 5.82 Å². The molecule has 0 radical (unpaired) electrons. The van der Waals surface area contributed by atoms with Crippen molar-refractivity contribution in [3.05, 3.63) is 75.6 Å². The quantitative estimate of drug-likeness (QED) is 0.468. The van der Waals surface area contributed by atoms with E-state index in [0.29, 0.717) is 43.8 Å². The fraction of sp³-hybridized carbons (Fsp3) is 0.320. The van der Waals surface area contributed by atoms with Crippen LogP contribution in [-0.2, 0) is 23.8 Å². The zero-order valence-electron chi connectivity index (χ0n) is 19.0. The van der Waals surface area contributed by atoms with Gasteiger partial charge in [-0.15, -0.1) is 0 Å². The molecule has 0 aromatic heterocycles. The number of alkyl halides is 6. The van der Waals surface area contributed by atoms with Gasteiger partial charge >= 0.3 is 18.3 Å². The molecular formula is C25H20F7NO4. The van der Waals surface area contributed by atoms with E-state index in [4.69, 9.17) is 14.6 Å². The van der Waals surface area contributed by atoms with Crippen molar-refractivity contribution in [3.8, 4) is 11.5 Å². The predicted molar refractivity (Wildman–Crippen MR) is 117 cm³/mol. The summed E-state index contributed by atoms with van der Waals surface area (Å²) in [5.41, 5.74) is -2.27. The third-order valence-electron chi connectivity index (χ3n) is 5.96. The van der Waals surface area contributed by atoms with Gasteiger partial charge in [0.1, 0.15) is 30.5 Å². The summed E-state index contributed by atoms with van der Waals surface area (Å²) in [5.74, 6) is -1.75. The Labute approximate surface area is 206 Å². The van der Waals surface area contributed by atoms with Crippen LogP contribution in [0.2, 0.25) is 0 Å². The molecule has 4 rings (SSSR count). The average molecular weight is 531 g/mol. The number of hydrogen-bond acceptors (Lipinski definition) is 4. The molecule has 0 saturated heterocycles. The molecule has 0 bridgehead atoms. The van der Waals surface area contributed by atoms with Crippen molar-refractivity contribution < 1.29 is 50.1 Å². The number of rotatable bonds is 6. The zero-order chi connectivity index (χ0) is 27.0. The van der Waals surface area contributed by atoms with Crippen LogP contribution in [0.3, 0.4) is 0 Å². The van der Waals surface area contributed by atoms with Gasteiger partial charge in [-0.25, -0.2) is 9.18 Å². The highest BCUT2D eigenvalue weighted by Crippen LogP contribution is 2.38. The van der Waals surface area contributed by atoms with E-state index >= 15 is 0 Å². The zero-order valence-corrected chi connectivity index (χ0v) is 19.0. The molecule has 2 aliphatic rings. The minimum atomic E-state index is -5.05. The van der Waals surface area contributed by atoms with E-state index < -0.39 is 47.4 Å². The smallest absolute Gasteiger partial charge is 0.416 e. The summed E-state index contributed by atoms with van der Waals surface area (Å²) < 4.78 is 104. The van der Waals surface area contributed by atoms with Gasteiger partial charge in [-0.2, -0.15) is 26.3 Å². The Kier molecular flexibility index (Phi) is 7.22. The number of ether oxygens (including phenoxy) is 2. The molecule has 0 unspecified atom stereocenters. The first kappa shape index (κ1) is 26.5. The second kappa shape index (κ2) is 10.1. The Bertz CT molecular complexity index is 1260. The van der Waals surface area contributed by atoms with Gasteiger partial charge in [-0.3, -0.25) is 4.90 Å². The second-order valence-electron chi connectivity index (χ2n) is 8.58. The van der Waals surface area contributed by atoms with E-state index in [9.17, 15) is 35.5 Å². The highest BCUT2D eigenvalue weighted by Gasteiger charge is 2.38. The van der Waals surface area contributed by atoms with Gasteiger partial charge < -0.3 is 14.6 Å². The van der Waals surface area contributed by atoms with E-state index in [1.165, 1.54) is 6.07 Å². The molecule has 0 aliphatic carbocycles. The molecule has 0 spiro atoms. The van der Waals surface area contributed by atoms with Crippen molar-refractivity contribution in [1.29, 1.82) is 0 Å². The molecule has 2 heterocycles. The lowest BCUT2D eigenvalue weighted by atomic mass is 10.0. The first-order valence-electron chi connectivity index (χ1n) is 11.0. The van der Waals surface area contributed by atoms with E-state index in [0.717, 1.165) is 11.6 Å². The number of fused-ring (bicyclic) bond motifs is 1. The third kappa shape index (κ3) is 6.24. The fourth-order valence-electron chi connectivity index (χ4n) is 4.06. The lowest BCUT2D eigenvalue weighted by molar-refractivity contribution is -0.143. The van der Waals surface area contributed by atoms with Crippen LogP contribution < -0.4 is 9.47 Å². The van der Waals surface area contributed by atoms with Crippen molar-refractivity contribution in [2.45, 2.75) is 25.4 Å². The predicted octanol–water partition coefficient (Wildman–Crippen LogP) is 5.93. The van der Waals surface area contributed by atoms with E-state index in [1.807, 2.05) is 4.90 Å². The molecule has 2 aromatic rings. The SMILES string of the molecule is O=C(O)C1=CCN(CC2=Cc3c(F)cc(OCc4ccc(C(F)(F)F)cc4C(F)(F)F)cc3OC2)CC1. The van der Waals surface area contributed by atoms with Crippen LogP contribution in [0.5, 0.6) is 11.5 Å². The Hall–Kier alpha value is -3.54. The van der Waals surface area contributed by atoms with E-state index in [-0.39, 0.29) is 29.7 Å². The number of carboxylic acid groups (broad SMARTS) is 1. The monoisotopic (exact) mass is 531 g/mol. The Balaban J connectivity index is 1.48. The molecule has 0 saturated carbocycles. The molecule has 1 N–H and O–H groups in total. The first-order valence-corrected chi connectivity index (χ1v) is 11.0. The molecular weight excluding hydrogens is 511 g/mol. The minimum Gasteiger partial charge on any atom is -0.489 e. The summed E-state index contributed by atoms with van der Waals surface area (Å²) in [6.45, 7) is 0.729. The van der Waals surface area contributed by atoms with Gasteiger partial charge in [-0.1, -0.05) is 12.1 Å². The number of carboxylic acids is 1. The molecule has 2 aromatic carbocycles. The standard InChI is InChI=1S/C25H20F7NO4/c26-21-9-18(36-13-16-1-2-17(24(27,28)29)8-20(16)25(30,31)32)10-22-19(21)7-14(12-37-22)11-33-5-3-15(4-6-33)23(34)35/h1-3,7-10H,4-6,11-13H2,(H,34,35). The average Bonchev–Trinajstić information content (AvgIpc) is 2.82. The Morgan fingerprint density at radius 2 is 1.84 bits per heavy atom. The van der Waals surface area contributed by atoms with E-state index in [1.54, 1.807) is 12.2 Å². The molecule has 12 heteroatoms. The summed E-state index contributed by atoms with van der Waals surface area (Å²) in [6.07, 6.45) is -6.41. The molecule has 0 fully saturated rings. The third-order valence-corrected chi connectivity index (χ3v) is 5.96. The summed E-state index contributed by atoms with van der Waals surface area (Å²) in [5, 5.41) is 9.04. The summed E-state index contributed by atoms with van der Waals surface area (Å²) >= 11 is 0. The molecule has 2 aliphatic heterocycles. The van der Waals surface area contributed by atoms with Crippen molar-refractivity contribution in [3.63, 3.8) is 0 Å². The van der Waals surface area contributed by atoms with Crippen molar-refractivity contribution in [1.82, 2.24) is 4.90 Å². The number of carbonyl (C=O) groups is 1. The normalized spacial score (nSPS) is 16.4. The number of benzene rings is 2. The maximum atomic E-state index is 14.8. The van der Waals surface area contributed by atoms with Gasteiger partial charge in [0.25, 0.3) is 0 Å². The maximum Gasteiger partial charge on any atom is 0.416 e. The van der Waals surface area contributed by atoms with E-state index in [2.05, 4.69) is 0 Å². The van der Waals surface area contributed by atoms with Gasteiger partial charge in [0.2, 0.25) is 0 Å². The van der Waals surface area contributed by atoms with Crippen molar-refractivity contribution in [2.75, 3.05) is 26.2 Å². The Morgan fingerprint density at radius 3 is 2.46 bits per heavy atom. The second-order valence-corrected chi connectivity index (χ2v) is 8.58. The van der Waals surface area contributed by atoms with Crippen LogP contribution in [0.15, 0.2) is 47.6 Å². The number of nitrogens with zero attached hydrogens (tertiary/aromatic N) is 1. The summed E-state index contributed by atoms with van der Waals surface area (Å²) in [6, 6.07) is 3.48. The van der Waals surface area contributed by atoms with Crippen molar-refractivity contribution in [2.24, 2.45) is 0 Å². The molecule has 0 amide bonds. The summed E-state index contributed by atoms with van der Waals surface area (Å²) in [4.78, 5) is 13.0. The van der Waals surface area contributed by atoms with Crippen LogP contribution in [0.1, 0.15) is 28.7 Å². The number of hydrogen-bond donors (Lipinski definition) is 1. The van der Waals surface area contributed by atoms with Crippen molar-refractivity contribution >= 4 is 12.0 Å². The van der Waals surface area contributed by atoms with Crippen LogP contribution in [0.4, 0.5) is 30.7 Å². The van der Waals surface area contributed by atoms with Crippen LogP contribution in [-0.4, -0.2) is 42.2 Å². The van der Waals surface area contributed by atoms with Gasteiger partial charge in [0, 0.05) is 42.9 Å². The van der Waals surface area contributed by atoms with Gasteiger partial charge in [0.15, 0.2) is 0 Å². The highest BCUT2D eigenvalue weighted by molar-refractivity contribution is 5.86. The number of halogens is 7. The lowest BCUT2D eigenvalue weighted by Gasteiger charge is -2.28. The fourth-order valence-corrected chi connectivity index (χ4v) is 4.06.